The van der Waals surface area contributed by atoms with Gasteiger partial charge in [0.25, 0.3) is 5.69 Å². The van der Waals surface area contributed by atoms with E-state index in [1.165, 1.54) is 18.5 Å². The third kappa shape index (κ3) is 2.68. The minimum absolute atomic E-state index is 0.0212. The molecule has 0 aliphatic carbocycles. The third-order valence-electron chi connectivity index (χ3n) is 4.12. The summed E-state index contributed by atoms with van der Waals surface area (Å²) in [5.41, 5.74) is 4.55. The van der Waals surface area contributed by atoms with E-state index >= 15 is 0 Å². The molecular weight excluding hydrogens is 354 g/mol. The Labute approximate surface area is 153 Å². The number of aromatic nitrogens is 2. The lowest BCUT2D eigenvalue weighted by Gasteiger charge is -2.13. The van der Waals surface area contributed by atoms with Gasteiger partial charge in [-0.15, -0.1) is 0 Å². The number of anilines is 2. The van der Waals surface area contributed by atoms with Crippen LogP contribution in [-0.4, -0.2) is 20.6 Å². The lowest BCUT2D eigenvalue weighted by atomic mass is 9.96. The molecule has 2 aromatic carbocycles. The van der Waals surface area contributed by atoms with Crippen molar-refractivity contribution in [3.8, 4) is 0 Å². The Balaban J connectivity index is 1.98. The Morgan fingerprint density at radius 1 is 1.12 bits per heavy atom. The molecule has 0 fully saturated rings. The average Bonchev–Trinajstić information content (AvgIpc) is 2.80. The first kappa shape index (κ1) is 16.2. The van der Waals surface area contributed by atoms with Crippen LogP contribution in [0.5, 0.6) is 0 Å². The van der Waals surface area contributed by atoms with Crippen LogP contribution < -0.4 is 5.32 Å². The Hall–Kier alpha value is -3.32. The molecule has 2 heterocycles. The molecule has 1 N–H and O–H groups in total. The summed E-state index contributed by atoms with van der Waals surface area (Å²) in [7, 11) is 0. The zero-order chi connectivity index (χ0) is 18.3. The second-order valence-corrected chi connectivity index (χ2v) is 6.11. The van der Waals surface area contributed by atoms with Gasteiger partial charge < -0.3 is 5.32 Å². The summed E-state index contributed by atoms with van der Waals surface area (Å²) in [4.78, 5) is 23.5. The monoisotopic (exact) mass is 365 g/mol. The van der Waals surface area contributed by atoms with Gasteiger partial charge in [-0.2, -0.15) is 0 Å². The number of aryl methyl sites for hydroxylation is 1. The molecule has 26 heavy (non-hydrogen) atoms. The minimum Gasteiger partial charge on any atom is -0.338 e. The standard InChI is InChI=1S/C18H12ClN5O2/c1-10-3-2-4-13-14(10)15(11-5-7-12(8-6-11)24(25)26)23-16-17(19)20-9-21-18(16)22-13/h2-9H,1H3,(H,20,21,22). The van der Waals surface area contributed by atoms with Gasteiger partial charge in [0.1, 0.15) is 12.0 Å². The second kappa shape index (κ2) is 6.20. The highest BCUT2D eigenvalue weighted by Gasteiger charge is 2.22. The molecule has 0 unspecified atom stereocenters. The summed E-state index contributed by atoms with van der Waals surface area (Å²) in [5, 5.41) is 14.4. The van der Waals surface area contributed by atoms with Crippen molar-refractivity contribution in [3.63, 3.8) is 0 Å². The zero-order valence-corrected chi connectivity index (χ0v) is 14.4. The molecule has 0 saturated carbocycles. The van der Waals surface area contributed by atoms with E-state index in [1.807, 2.05) is 25.1 Å². The zero-order valence-electron chi connectivity index (χ0n) is 13.6. The van der Waals surface area contributed by atoms with Gasteiger partial charge >= 0.3 is 0 Å². The fourth-order valence-electron chi connectivity index (χ4n) is 2.88. The average molecular weight is 366 g/mol. The maximum absolute atomic E-state index is 10.9. The van der Waals surface area contributed by atoms with Crippen LogP contribution in [0.15, 0.2) is 53.8 Å². The van der Waals surface area contributed by atoms with Crippen LogP contribution in [0.3, 0.4) is 0 Å². The van der Waals surface area contributed by atoms with E-state index in [1.54, 1.807) is 12.1 Å². The number of nitrogens with zero attached hydrogens (tertiary/aromatic N) is 4. The van der Waals surface area contributed by atoms with Gasteiger partial charge in [-0.3, -0.25) is 10.1 Å². The lowest BCUT2D eigenvalue weighted by Crippen LogP contribution is -2.07. The number of non-ortho nitro benzene ring substituents is 1. The molecule has 8 heteroatoms. The highest BCUT2D eigenvalue weighted by atomic mass is 35.5. The minimum atomic E-state index is -0.431. The van der Waals surface area contributed by atoms with E-state index in [0.29, 0.717) is 17.2 Å². The first-order chi connectivity index (χ1) is 12.5. The van der Waals surface area contributed by atoms with Crippen molar-refractivity contribution in [1.82, 2.24) is 9.97 Å². The molecule has 0 radical (unpaired) electrons. The molecule has 1 aromatic heterocycles. The van der Waals surface area contributed by atoms with Crippen molar-refractivity contribution in [3.05, 3.63) is 80.7 Å². The van der Waals surface area contributed by atoms with Crippen molar-refractivity contribution >= 4 is 40.2 Å². The van der Waals surface area contributed by atoms with E-state index in [2.05, 4.69) is 15.3 Å². The fraction of sp³-hybridized carbons (Fsp3) is 0.0556. The molecule has 128 valence electrons. The first-order valence-electron chi connectivity index (χ1n) is 7.75. The van der Waals surface area contributed by atoms with Gasteiger partial charge in [-0.05, 0) is 30.7 Å². The molecule has 1 aliphatic rings. The molecule has 0 spiro atoms. The molecule has 4 rings (SSSR count). The third-order valence-corrected chi connectivity index (χ3v) is 4.39. The van der Waals surface area contributed by atoms with Gasteiger partial charge in [0.15, 0.2) is 11.0 Å². The van der Waals surface area contributed by atoms with Crippen LogP contribution in [0.25, 0.3) is 0 Å². The Morgan fingerprint density at radius 2 is 1.88 bits per heavy atom. The second-order valence-electron chi connectivity index (χ2n) is 5.75. The van der Waals surface area contributed by atoms with Crippen LogP contribution >= 0.6 is 11.6 Å². The molecule has 0 amide bonds. The normalized spacial score (nSPS) is 12.3. The Morgan fingerprint density at radius 3 is 2.62 bits per heavy atom. The van der Waals surface area contributed by atoms with Crippen LogP contribution in [0, 0.1) is 17.0 Å². The number of nitro groups is 1. The van der Waals surface area contributed by atoms with Gasteiger partial charge in [0.05, 0.1) is 10.6 Å². The Kier molecular flexibility index (Phi) is 3.85. The summed E-state index contributed by atoms with van der Waals surface area (Å²) in [6, 6.07) is 12.1. The number of nitro benzene ring substituents is 1. The molecule has 3 aromatic rings. The maximum atomic E-state index is 10.9. The van der Waals surface area contributed by atoms with Crippen molar-refractivity contribution in [2.75, 3.05) is 5.32 Å². The van der Waals surface area contributed by atoms with Crippen molar-refractivity contribution in [1.29, 1.82) is 0 Å². The number of nitrogens with one attached hydrogen (secondary N) is 1. The van der Waals surface area contributed by atoms with Crippen LogP contribution in [0.2, 0.25) is 5.15 Å². The number of rotatable bonds is 2. The molecular formula is C18H12ClN5O2. The molecule has 7 nitrogen and oxygen atoms in total. The van der Waals surface area contributed by atoms with Crippen molar-refractivity contribution in [2.24, 2.45) is 4.99 Å². The number of hydrogen-bond donors (Lipinski definition) is 1. The van der Waals surface area contributed by atoms with Crippen LogP contribution in [0.1, 0.15) is 16.7 Å². The molecule has 1 aliphatic heterocycles. The van der Waals surface area contributed by atoms with Gasteiger partial charge in [-0.1, -0.05) is 23.7 Å². The smallest absolute Gasteiger partial charge is 0.269 e. The van der Waals surface area contributed by atoms with Crippen molar-refractivity contribution < 1.29 is 4.92 Å². The quantitative estimate of drug-likeness (QED) is 0.319. The van der Waals surface area contributed by atoms with Gasteiger partial charge in [-0.25, -0.2) is 15.0 Å². The van der Waals surface area contributed by atoms with Crippen molar-refractivity contribution in [2.45, 2.75) is 6.92 Å². The van der Waals surface area contributed by atoms with E-state index in [9.17, 15) is 10.1 Å². The summed E-state index contributed by atoms with van der Waals surface area (Å²) >= 11 is 6.23. The summed E-state index contributed by atoms with van der Waals surface area (Å²) in [6.45, 7) is 1.98. The summed E-state index contributed by atoms with van der Waals surface area (Å²) < 4.78 is 0. The largest absolute Gasteiger partial charge is 0.338 e. The highest BCUT2D eigenvalue weighted by Crippen LogP contribution is 2.38. The number of hydrogen-bond acceptors (Lipinski definition) is 6. The Bertz CT molecular complexity index is 1060. The predicted molar refractivity (Wildman–Crippen MR) is 99.9 cm³/mol. The predicted octanol–water partition coefficient (Wildman–Crippen LogP) is 4.57. The number of halogens is 1. The highest BCUT2D eigenvalue weighted by molar-refractivity contribution is 6.33. The number of fused-ring (bicyclic) bond motifs is 2. The van der Waals surface area contributed by atoms with Gasteiger partial charge in [0, 0.05) is 28.9 Å². The lowest BCUT2D eigenvalue weighted by molar-refractivity contribution is -0.384. The van der Waals surface area contributed by atoms with Gasteiger partial charge in [0.2, 0.25) is 0 Å². The van der Waals surface area contributed by atoms with E-state index < -0.39 is 4.92 Å². The topological polar surface area (TPSA) is 93.3 Å². The number of aliphatic imine (C=N–C) groups is 1. The van der Waals surface area contributed by atoms with Crippen LogP contribution in [-0.2, 0) is 0 Å². The molecule has 0 atom stereocenters. The van der Waals surface area contributed by atoms with Crippen LogP contribution in [0.4, 0.5) is 22.9 Å². The number of benzene rings is 2. The first-order valence-corrected chi connectivity index (χ1v) is 8.13. The molecule has 0 bridgehead atoms. The maximum Gasteiger partial charge on any atom is 0.269 e. The van der Waals surface area contributed by atoms with E-state index in [-0.39, 0.29) is 10.8 Å². The molecule has 0 saturated heterocycles. The summed E-state index contributed by atoms with van der Waals surface area (Å²) in [5.74, 6) is 0.508. The van der Waals surface area contributed by atoms with E-state index in [0.717, 1.165) is 22.4 Å². The fourth-order valence-corrected chi connectivity index (χ4v) is 3.05. The summed E-state index contributed by atoms with van der Waals surface area (Å²) in [6.07, 6.45) is 1.37. The van der Waals surface area contributed by atoms with E-state index in [4.69, 9.17) is 16.6 Å². The SMILES string of the molecule is Cc1cccc2c1C(c1ccc([N+](=O)[O-])cc1)=Nc1c(Cl)ncnc1N2.